The molecule has 0 bridgehead atoms. The fourth-order valence-electron chi connectivity index (χ4n) is 1.64. The van der Waals surface area contributed by atoms with Gasteiger partial charge in [-0.2, -0.15) is 0 Å². The van der Waals surface area contributed by atoms with Gasteiger partial charge in [0.15, 0.2) is 0 Å². The lowest BCUT2D eigenvalue weighted by molar-refractivity contribution is 0.472. The highest BCUT2D eigenvalue weighted by molar-refractivity contribution is 6.30. The third-order valence-corrected chi connectivity index (χ3v) is 2.80. The first-order chi connectivity index (χ1) is 8.20. The molecule has 0 unspecified atom stereocenters. The average Bonchev–Trinajstić information content (AvgIpc) is 2.34. The number of rotatable bonds is 3. The van der Waals surface area contributed by atoms with Crippen LogP contribution in [0.1, 0.15) is 11.1 Å². The van der Waals surface area contributed by atoms with Crippen LogP contribution in [0.25, 0.3) is 0 Å². The molecule has 0 aliphatic rings. The van der Waals surface area contributed by atoms with Gasteiger partial charge in [-0.3, -0.25) is 0 Å². The van der Waals surface area contributed by atoms with Crippen LogP contribution in [-0.2, 0) is 6.54 Å². The predicted molar refractivity (Wildman–Crippen MR) is 70.6 cm³/mol. The maximum absolute atomic E-state index is 5.85. The van der Waals surface area contributed by atoms with Crippen molar-refractivity contribution in [2.75, 3.05) is 0 Å². The Kier molecular flexibility index (Phi) is 3.67. The van der Waals surface area contributed by atoms with E-state index in [0.717, 1.165) is 22.6 Å². The number of ether oxygens (including phenoxy) is 1. The number of halogens is 1. The highest BCUT2D eigenvalue weighted by atomic mass is 35.5. The van der Waals surface area contributed by atoms with Crippen LogP contribution in [0.15, 0.2) is 42.5 Å². The molecule has 88 valence electrons. The van der Waals surface area contributed by atoms with Crippen molar-refractivity contribution in [2.24, 2.45) is 5.73 Å². The molecular formula is C14H14ClNO. The number of para-hydroxylation sites is 1. The van der Waals surface area contributed by atoms with Gasteiger partial charge >= 0.3 is 0 Å². The Hall–Kier alpha value is -1.51. The monoisotopic (exact) mass is 247 g/mol. The first kappa shape index (κ1) is 12.0. The van der Waals surface area contributed by atoms with E-state index in [-0.39, 0.29) is 0 Å². The van der Waals surface area contributed by atoms with Crippen molar-refractivity contribution in [2.45, 2.75) is 13.5 Å². The van der Waals surface area contributed by atoms with Crippen LogP contribution in [0.2, 0.25) is 5.02 Å². The van der Waals surface area contributed by atoms with Gasteiger partial charge in [0.2, 0.25) is 0 Å². The molecule has 0 saturated heterocycles. The Morgan fingerprint density at radius 2 is 1.82 bits per heavy atom. The zero-order valence-electron chi connectivity index (χ0n) is 9.61. The topological polar surface area (TPSA) is 35.2 Å². The Morgan fingerprint density at radius 1 is 1.12 bits per heavy atom. The lowest BCUT2D eigenvalue weighted by atomic mass is 10.1. The van der Waals surface area contributed by atoms with Gasteiger partial charge in [-0.05, 0) is 36.8 Å². The number of benzene rings is 2. The standard InChI is InChI=1S/C14H14ClNO/c1-10-3-2-4-11(9-16)14(10)17-13-7-5-12(15)6-8-13/h2-8H,9,16H2,1H3. The second kappa shape index (κ2) is 5.21. The van der Waals surface area contributed by atoms with E-state index in [2.05, 4.69) is 0 Å². The Bertz CT molecular complexity index is 508. The largest absolute Gasteiger partial charge is 0.457 e. The molecule has 0 heterocycles. The molecule has 0 aliphatic carbocycles. The molecule has 0 fully saturated rings. The summed E-state index contributed by atoms with van der Waals surface area (Å²) < 4.78 is 5.85. The van der Waals surface area contributed by atoms with Gasteiger partial charge in [0.1, 0.15) is 11.5 Å². The van der Waals surface area contributed by atoms with E-state index in [9.17, 15) is 0 Å². The highest BCUT2D eigenvalue weighted by Gasteiger charge is 2.06. The molecule has 0 spiro atoms. The van der Waals surface area contributed by atoms with E-state index in [1.165, 1.54) is 0 Å². The minimum absolute atomic E-state index is 0.463. The molecule has 0 atom stereocenters. The van der Waals surface area contributed by atoms with E-state index in [1.54, 1.807) is 12.1 Å². The summed E-state index contributed by atoms with van der Waals surface area (Å²) >= 11 is 5.83. The van der Waals surface area contributed by atoms with Crippen molar-refractivity contribution in [3.05, 3.63) is 58.6 Å². The minimum atomic E-state index is 0.463. The normalized spacial score (nSPS) is 10.3. The summed E-state index contributed by atoms with van der Waals surface area (Å²) in [5.74, 6) is 1.59. The van der Waals surface area contributed by atoms with Gasteiger partial charge in [0, 0.05) is 17.1 Å². The molecule has 2 aromatic rings. The highest BCUT2D eigenvalue weighted by Crippen LogP contribution is 2.29. The van der Waals surface area contributed by atoms with Crippen molar-refractivity contribution in [3.8, 4) is 11.5 Å². The Balaban J connectivity index is 2.32. The molecule has 2 nitrogen and oxygen atoms in total. The molecule has 0 amide bonds. The van der Waals surface area contributed by atoms with Gasteiger partial charge in [-0.15, -0.1) is 0 Å². The van der Waals surface area contributed by atoms with Crippen LogP contribution in [0, 0.1) is 6.92 Å². The van der Waals surface area contributed by atoms with E-state index in [4.69, 9.17) is 22.1 Å². The first-order valence-electron chi connectivity index (χ1n) is 5.42. The van der Waals surface area contributed by atoms with Crippen molar-refractivity contribution < 1.29 is 4.74 Å². The predicted octanol–water partition coefficient (Wildman–Crippen LogP) is 3.90. The number of nitrogens with two attached hydrogens (primary N) is 1. The van der Waals surface area contributed by atoms with Gasteiger partial charge in [0.25, 0.3) is 0 Å². The summed E-state index contributed by atoms with van der Waals surface area (Å²) in [7, 11) is 0. The zero-order chi connectivity index (χ0) is 12.3. The van der Waals surface area contributed by atoms with Gasteiger partial charge < -0.3 is 10.5 Å². The maximum atomic E-state index is 5.85. The van der Waals surface area contributed by atoms with E-state index < -0.39 is 0 Å². The number of aryl methyl sites for hydroxylation is 1. The lowest BCUT2D eigenvalue weighted by Crippen LogP contribution is -2.00. The second-order valence-electron chi connectivity index (χ2n) is 3.82. The summed E-state index contributed by atoms with van der Waals surface area (Å²) in [6.07, 6.45) is 0. The van der Waals surface area contributed by atoms with Crippen LogP contribution < -0.4 is 10.5 Å². The smallest absolute Gasteiger partial charge is 0.134 e. The maximum Gasteiger partial charge on any atom is 0.134 e. The Labute approximate surface area is 106 Å². The number of hydrogen-bond donors (Lipinski definition) is 1. The summed E-state index contributed by atoms with van der Waals surface area (Å²) in [6, 6.07) is 13.2. The van der Waals surface area contributed by atoms with Crippen LogP contribution in [0.5, 0.6) is 11.5 Å². The lowest BCUT2D eigenvalue weighted by Gasteiger charge is -2.12. The van der Waals surface area contributed by atoms with E-state index in [1.807, 2.05) is 37.3 Å². The summed E-state index contributed by atoms with van der Waals surface area (Å²) in [6.45, 7) is 2.47. The average molecular weight is 248 g/mol. The summed E-state index contributed by atoms with van der Waals surface area (Å²) in [5.41, 5.74) is 7.77. The SMILES string of the molecule is Cc1cccc(CN)c1Oc1ccc(Cl)cc1. The van der Waals surface area contributed by atoms with Crippen molar-refractivity contribution >= 4 is 11.6 Å². The second-order valence-corrected chi connectivity index (χ2v) is 4.26. The van der Waals surface area contributed by atoms with Gasteiger partial charge in [-0.1, -0.05) is 29.8 Å². The van der Waals surface area contributed by atoms with Crippen molar-refractivity contribution in [1.82, 2.24) is 0 Å². The molecule has 3 heteroatoms. The third-order valence-electron chi connectivity index (χ3n) is 2.55. The van der Waals surface area contributed by atoms with Gasteiger partial charge in [0.05, 0.1) is 0 Å². The van der Waals surface area contributed by atoms with Crippen LogP contribution in [-0.4, -0.2) is 0 Å². The molecule has 0 aliphatic heterocycles. The Morgan fingerprint density at radius 3 is 2.47 bits per heavy atom. The molecule has 17 heavy (non-hydrogen) atoms. The number of hydrogen-bond acceptors (Lipinski definition) is 2. The van der Waals surface area contributed by atoms with Crippen LogP contribution in [0.3, 0.4) is 0 Å². The molecule has 2 N–H and O–H groups in total. The molecular weight excluding hydrogens is 234 g/mol. The first-order valence-corrected chi connectivity index (χ1v) is 5.80. The molecule has 2 aromatic carbocycles. The third kappa shape index (κ3) is 2.78. The fraction of sp³-hybridized carbons (Fsp3) is 0.143. The molecule has 0 radical (unpaired) electrons. The molecule has 0 saturated carbocycles. The van der Waals surface area contributed by atoms with E-state index >= 15 is 0 Å². The molecule has 0 aromatic heterocycles. The quantitative estimate of drug-likeness (QED) is 0.893. The summed E-state index contributed by atoms with van der Waals surface area (Å²) in [5, 5.41) is 0.696. The van der Waals surface area contributed by atoms with Crippen LogP contribution in [0.4, 0.5) is 0 Å². The summed E-state index contributed by atoms with van der Waals surface area (Å²) in [4.78, 5) is 0. The fourth-order valence-corrected chi connectivity index (χ4v) is 1.77. The van der Waals surface area contributed by atoms with Gasteiger partial charge in [-0.25, -0.2) is 0 Å². The van der Waals surface area contributed by atoms with Crippen molar-refractivity contribution in [1.29, 1.82) is 0 Å². The zero-order valence-corrected chi connectivity index (χ0v) is 10.4. The van der Waals surface area contributed by atoms with Crippen molar-refractivity contribution in [3.63, 3.8) is 0 Å². The molecule has 2 rings (SSSR count). The minimum Gasteiger partial charge on any atom is -0.457 e. The van der Waals surface area contributed by atoms with E-state index in [0.29, 0.717) is 11.6 Å². The van der Waals surface area contributed by atoms with Crippen LogP contribution >= 0.6 is 11.6 Å².